The summed E-state index contributed by atoms with van der Waals surface area (Å²) in [7, 11) is 1.70. The fourth-order valence-corrected chi connectivity index (χ4v) is 2.96. The highest BCUT2D eigenvalue weighted by Crippen LogP contribution is 2.22. The summed E-state index contributed by atoms with van der Waals surface area (Å²) in [5, 5.41) is 8.80. The van der Waals surface area contributed by atoms with Crippen LogP contribution in [0.15, 0.2) is 48.5 Å². The van der Waals surface area contributed by atoms with Gasteiger partial charge in [0.05, 0.1) is 18.7 Å². The Morgan fingerprint density at radius 2 is 1.76 bits per heavy atom. The van der Waals surface area contributed by atoms with Gasteiger partial charge in [-0.1, -0.05) is 6.07 Å². The molecule has 2 aromatic rings. The summed E-state index contributed by atoms with van der Waals surface area (Å²) < 4.78 is 11.1. The molecule has 0 unspecified atom stereocenters. The van der Waals surface area contributed by atoms with Crippen molar-refractivity contribution in [3.05, 3.63) is 54.1 Å². The summed E-state index contributed by atoms with van der Waals surface area (Å²) in [5.41, 5.74) is 1.87. The molecule has 5 heteroatoms. The SMILES string of the molecule is COc1cccc(N2CCN(CCOc3ccc(C#N)cc3)CC2)c1. The molecule has 1 aliphatic rings. The van der Waals surface area contributed by atoms with Crippen molar-refractivity contribution >= 4 is 5.69 Å². The highest BCUT2D eigenvalue weighted by Gasteiger charge is 2.17. The van der Waals surface area contributed by atoms with Crippen molar-refractivity contribution in [3.63, 3.8) is 0 Å². The van der Waals surface area contributed by atoms with Crippen LogP contribution in [0.5, 0.6) is 11.5 Å². The molecule has 130 valence electrons. The molecule has 0 aliphatic carbocycles. The van der Waals surface area contributed by atoms with Crippen LogP contribution < -0.4 is 14.4 Å². The number of hydrogen-bond donors (Lipinski definition) is 0. The Bertz CT molecular complexity index is 716. The maximum absolute atomic E-state index is 8.80. The van der Waals surface area contributed by atoms with Gasteiger partial charge in [0.15, 0.2) is 0 Å². The van der Waals surface area contributed by atoms with Crippen molar-refractivity contribution in [2.75, 3.05) is 51.3 Å². The van der Waals surface area contributed by atoms with Crippen LogP contribution in [0.3, 0.4) is 0 Å². The molecule has 0 aromatic heterocycles. The predicted molar refractivity (Wildman–Crippen MR) is 98.3 cm³/mol. The van der Waals surface area contributed by atoms with E-state index in [2.05, 4.69) is 28.0 Å². The van der Waals surface area contributed by atoms with Crippen LogP contribution in [0.1, 0.15) is 5.56 Å². The number of nitrogens with zero attached hydrogens (tertiary/aromatic N) is 3. The lowest BCUT2D eigenvalue weighted by molar-refractivity contribution is 0.200. The Morgan fingerprint density at radius 3 is 2.44 bits per heavy atom. The number of hydrogen-bond acceptors (Lipinski definition) is 5. The van der Waals surface area contributed by atoms with Crippen LogP contribution >= 0.6 is 0 Å². The minimum atomic E-state index is 0.654. The molecule has 1 saturated heterocycles. The van der Waals surface area contributed by atoms with E-state index in [4.69, 9.17) is 14.7 Å². The molecule has 2 aromatic carbocycles. The minimum absolute atomic E-state index is 0.654. The van der Waals surface area contributed by atoms with Gasteiger partial charge in [0.1, 0.15) is 18.1 Å². The summed E-state index contributed by atoms with van der Waals surface area (Å²) in [6.07, 6.45) is 0. The molecule has 25 heavy (non-hydrogen) atoms. The van der Waals surface area contributed by atoms with E-state index in [1.165, 1.54) is 5.69 Å². The van der Waals surface area contributed by atoms with Gasteiger partial charge in [-0.25, -0.2) is 0 Å². The van der Waals surface area contributed by atoms with Crippen LogP contribution in [-0.4, -0.2) is 51.3 Å². The number of benzene rings is 2. The van der Waals surface area contributed by atoms with Crippen molar-refractivity contribution in [3.8, 4) is 17.6 Å². The van der Waals surface area contributed by atoms with Crippen molar-refractivity contribution in [1.82, 2.24) is 4.90 Å². The first-order chi connectivity index (χ1) is 12.3. The zero-order chi connectivity index (χ0) is 17.5. The molecule has 0 saturated carbocycles. The van der Waals surface area contributed by atoms with E-state index < -0.39 is 0 Å². The predicted octanol–water partition coefficient (Wildman–Crippen LogP) is 2.77. The first kappa shape index (κ1) is 17.1. The van der Waals surface area contributed by atoms with E-state index in [0.29, 0.717) is 12.2 Å². The Kier molecular flexibility index (Phi) is 5.76. The van der Waals surface area contributed by atoms with E-state index >= 15 is 0 Å². The number of methoxy groups -OCH3 is 1. The second-order valence-corrected chi connectivity index (χ2v) is 6.01. The average molecular weight is 337 g/mol. The second kappa shape index (κ2) is 8.41. The average Bonchev–Trinajstić information content (AvgIpc) is 2.69. The number of rotatable bonds is 6. The van der Waals surface area contributed by atoms with Gasteiger partial charge < -0.3 is 14.4 Å². The molecule has 0 spiro atoms. The van der Waals surface area contributed by atoms with E-state index in [9.17, 15) is 0 Å². The molecule has 0 bridgehead atoms. The van der Waals surface area contributed by atoms with E-state index in [1.54, 1.807) is 19.2 Å². The van der Waals surface area contributed by atoms with Gasteiger partial charge >= 0.3 is 0 Å². The smallest absolute Gasteiger partial charge is 0.120 e. The fraction of sp³-hybridized carbons (Fsp3) is 0.350. The molecule has 0 radical (unpaired) electrons. The lowest BCUT2D eigenvalue weighted by Crippen LogP contribution is -2.47. The topological polar surface area (TPSA) is 48.7 Å². The quantitative estimate of drug-likeness (QED) is 0.811. The molecule has 1 aliphatic heterocycles. The van der Waals surface area contributed by atoms with Crippen molar-refractivity contribution in [2.24, 2.45) is 0 Å². The number of ether oxygens (including phenoxy) is 2. The van der Waals surface area contributed by atoms with E-state index in [-0.39, 0.29) is 0 Å². The first-order valence-electron chi connectivity index (χ1n) is 8.53. The first-order valence-corrected chi connectivity index (χ1v) is 8.53. The molecule has 1 heterocycles. The van der Waals surface area contributed by atoms with Crippen LogP contribution in [-0.2, 0) is 0 Å². The molecule has 5 nitrogen and oxygen atoms in total. The summed E-state index contributed by atoms with van der Waals surface area (Å²) >= 11 is 0. The highest BCUT2D eigenvalue weighted by molar-refractivity contribution is 5.51. The van der Waals surface area contributed by atoms with Crippen LogP contribution in [0.4, 0.5) is 5.69 Å². The van der Waals surface area contributed by atoms with Crippen molar-refractivity contribution < 1.29 is 9.47 Å². The Labute approximate surface area is 149 Å². The van der Waals surface area contributed by atoms with Gasteiger partial charge in [-0.05, 0) is 36.4 Å². The van der Waals surface area contributed by atoms with Crippen LogP contribution in [0.2, 0.25) is 0 Å². The third kappa shape index (κ3) is 4.65. The Balaban J connectivity index is 1.42. The normalized spacial score (nSPS) is 14.8. The van der Waals surface area contributed by atoms with Crippen molar-refractivity contribution in [1.29, 1.82) is 5.26 Å². The maximum atomic E-state index is 8.80. The lowest BCUT2D eigenvalue weighted by atomic mass is 10.2. The largest absolute Gasteiger partial charge is 0.497 e. The zero-order valence-electron chi connectivity index (χ0n) is 14.5. The molecule has 3 rings (SSSR count). The Morgan fingerprint density at radius 1 is 1.00 bits per heavy atom. The Hall–Kier alpha value is -2.71. The van der Waals surface area contributed by atoms with Crippen molar-refractivity contribution in [2.45, 2.75) is 0 Å². The number of anilines is 1. The fourth-order valence-electron chi connectivity index (χ4n) is 2.96. The summed E-state index contributed by atoms with van der Waals surface area (Å²) in [6, 6.07) is 17.6. The maximum Gasteiger partial charge on any atom is 0.120 e. The van der Waals surface area contributed by atoms with Gasteiger partial charge in [-0.15, -0.1) is 0 Å². The van der Waals surface area contributed by atoms with E-state index in [1.807, 2.05) is 24.3 Å². The molecule has 0 amide bonds. The third-order valence-electron chi connectivity index (χ3n) is 4.45. The van der Waals surface area contributed by atoms with Gasteiger partial charge in [-0.3, -0.25) is 4.90 Å². The van der Waals surface area contributed by atoms with Gasteiger partial charge in [0.2, 0.25) is 0 Å². The van der Waals surface area contributed by atoms with E-state index in [0.717, 1.165) is 44.2 Å². The molecule has 1 fully saturated rings. The zero-order valence-corrected chi connectivity index (χ0v) is 14.5. The summed E-state index contributed by atoms with van der Waals surface area (Å²) in [5.74, 6) is 1.71. The minimum Gasteiger partial charge on any atom is -0.497 e. The monoisotopic (exact) mass is 337 g/mol. The molecule has 0 N–H and O–H groups in total. The lowest BCUT2D eigenvalue weighted by Gasteiger charge is -2.36. The number of piperazine rings is 1. The summed E-state index contributed by atoms with van der Waals surface area (Å²) in [4.78, 5) is 4.81. The standard InChI is InChI=1S/C20H23N3O2/c1-24-20-4-2-3-18(15-20)23-11-9-22(10-12-23)13-14-25-19-7-5-17(16-21)6-8-19/h2-8,15H,9-14H2,1H3. The highest BCUT2D eigenvalue weighted by atomic mass is 16.5. The van der Waals surface area contributed by atoms with Crippen LogP contribution in [0.25, 0.3) is 0 Å². The van der Waals surface area contributed by atoms with Crippen LogP contribution in [0, 0.1) is 11.3 Å². The summed E-state index contributed by atoms with van der Waals surface area (Å²) in [6.45, 7) is 5.62. The van der Waals surface area contributed by atoms with Gasteiger partial charge in [0.25, 0.3) is 0 Å². The molecular weight excluding hydrogens is 314 g/mol. The van der Waals surface area contributed by atoms with Gasteiger partial charge in [-0.2, -0.15) is 5.26 Å². The molecule has 0 atom stereocenters. The number of nitriles is 1. The molecular formula is C20H23N3O2. The third-order valence-corrected chi connectivity index (χ3v) is 4.45. The van der Waals surface area contributed by atoms with Gasteiger partial charge in [0, 0.05) is 44.5 Å². The second-order valence-electron chi connectivity index (χ2n) is 6.01.